The van der Waals surface area contributed by atoms with Crippen LogP contribution in [0.5, 0.6) is 0 Å². The van der Waals surface area contributed by atoms with E-state index in [1.807, 2.05) is 0 Å². The zero-order chi connectivity index (χ0) is 32.5. The van der Waals surface area contributed by atoms with Gasteiger partial charge in [-0.1, -0.05) is 0 Å². The number of halogens is 17. The van der Waals surface area contributed by atoms with E-state index in [0.717, 1.165) is 0 Å². The van der Waals surface area contributed by atoms with Crippen LogP contribution in [0.2, 0.25) is 0 Å². The van der Waals surface area contributed by atoms with Crippen molar-refractivity contribution in [1.29, 1.82) is 0 Å². The van der Waals surface area contributed by atoms with Crippen molar-refractivity contribution in [2.24, 2.45) is 0 Å². The van der Waals surface area contributed by atoms with Gasteiger partial charge in [-0.15, -0.1) is 0 Å². The Balaban J connectivity index is 0.0000160. The minimum atomic E-state index is -8.83. The first-order valence-electron chi connectivity index (χ1n) is 9.59. The molecule has 0 unspecified atom stereocenters. The van der Waals surface area contributed by atoms with Crippen LogP contribution < -0.4 is 56.5 Å². The Labute approximate surface area is 256 Å². The van der Waals surface area contributed by atoms with Crippen LogP contribution in [0.25, 0.3) is 0 Å². The van der Waals surface area contributed by atoms with Crippen molar-refractivity contribution in [2.45, 2.75) is 90.7 Å². The average molecular weight is 678 g/mol. The number of aliphatic hydroxyl groups is 4. The average Bonchev–Trinajstić information content (AvgIpc) is 3.00. The fourth-order valence-electron chi connectivity index (χ4n) is 3.10. The summed E-state index contributed by atoms with van der Waals surface area (Å²) in [7, 11) is 0. The number of carbonyl (C=O) groups excluding carboxylic acids is 1. The van der Waals surface area contributed by atoms with Gasteiger partial charge < -0.3 is 35.1 Å². The second-order valence-corrected chi connectivity index (χ2v) is 8.28. The third kappa shape index (κ3) is 6.04. The van der Waals surface area contributed by atoms with Crippen LogP contribution in [-0.4, -0.2) is 104 Å². The van der Waals surface area contributed by atoms with Crippen molar-refractivity contribution in [3.05, 3.63) is 0 Å². The summed E-state index contributed by atoms with van der Waals surface area (Å²) in [5, 5.41) is 48.6. The van der Waals surface area contributed by atoms with Gasteiger partial charge in [0, 0.05) is 12.8 Å². The molecule has 0 spiro atoms. The number of carboxylic acid groups (broad SMARTS) is 1. The number of aliphatic hydroxyl groups excluding tert-OH is 3. The summed E-state index contributed by atoms with van der Waals surface area (Å²) in [6.07, 6.45) is -25.3. The first-order valence-corrected chi connectivity index (χ1v) is 9.59. The van der Waals surface area contributed by atoms with Crippen LogP contribution in [0.3, 0.4) is 0 Å². The van der Waals surface area contributed by atoms with Gasteiger partial charge in [-0.05, 0) is 0 Å². The minimum Gasteiger partial charge on any atom is -0.547 e. The largest absolute Gasteiger partial charge is 1.00 e. The maximum Gasteiger partial charge on any atom is 1.00 e. The monoisotopic (exact) mass is 678 g/mol. The second-order valence-electron chi connectivity index (χ2n) is 8.28. The molecular formula is C16H12F17KO7. The summed E-state index contributed by atoms with van der Waals surface area (Å²) in [6.45, 7) is 0. The van der Waals surface area contributed by atoms with Gasteiger partial charge in [0.2, 0.25) is 0 Å². The van der Waals surface area contributed by atoms with Crippen molar-refractivity contribution >= 4 is 5.97 Å². The number of carbonyl (C=O) groups is 1. The van der Waals surface area contributed by atoms with Crippen LogP contribution in [0.4, 0.5) is 74.6 Å². The quantitative estimate of drug-likeness (QED) is 0.158. The number of hydrogen-bond acceptors (Lipinski definition) is 7. The van der Waals surface area contributed by atoms with E-state index in [0.29, 0.717) is 0 Å². The molecule has 0 bridgehead atoms. The molecule has 1 fully saturated rings. The SMILES string of the molecule is O=C([O-])[C@@H](O)[C@H]1O[C@](O)(CCC(F)(F)C(F)(F)C(F)(F)C(F)(F)C(F)(F)C(F)(F)C(F)(F)C(F)(F)F)[C@H](O)[C@H]1O.[K+]. The Morgan fingerprint density at radius 3 is 1.41 bits per heavy atom. The molecule has 0 amide bonds. The Kier molecular flexibility index (Phi) is 11.5. The maximum atomic E-state index is 14.0. The first kappa shape index (κ1) is 40.7. The molecule has 0 aromatic heterocycles. The normalized spacial score (nSPS) is 26.5. The second kappa shape index (κ2) is 11.6. The summed E-state index contributed by atoms with van der Waals surface area (Å²) in [4.78, 5) is 10.6. The molecule has 0 saturated carbocycles. The summed E-state index contributed by atoms with van der Waals surface area (Å²) in [5.74, 6) is -64.7. The van der Waals surface area contributed by atoms with Crippen molar-refractivity contribution < 1.29 is 161 Å². The van der Waals surface area contributed by atoms with E-state index in [4.69, 9.17) is 0 Å². The van der Waals surface area contributed by atoms with E-state index in [-0.39, 0.29) is 51.4 Å². The number of aliphatic carboxylic acids is 1. The predicted octanol–water partition coefficient (Wildman–Crippen LogP) is -1.30. The fourth-order valence-corrected chi connectivity index (χ4v) is 3.10. The zero-order valence-electron chi connectivity index (χ0n) is 19.2. The van der Waals surface area contributed by atoms with Gasteiger partial charge in [-0.25, -0.2) is 0 Å². The van der Waals surface area contributed by atoms with Crippen LogP contribution in [0, 0.1) is 0 Å². The molecule has 0 radical (unpaired) electrons. The standard InChI is InChI=1S/C16H13F17O7.K/c17-9(18,2-1-8(39)6(36)3(34)5(40-8)4(35)7(37)38)10(19,20)11(21,22)12(23,24)13(25,26)14(27,28)15(29,30)16(31,32)33;/h3-6,34-36,39H,1-2H2,(H,37,38);/q;+1/p-1/t3-,4-,5-,6+,8+;/m0./s1. The molecule has 1 aliphatic heterocycles. The summed E-state index contributed by atoms with van der Waals surface area (Å²) >= 11 is 0. The number of rotatable bonds is 11. The first-order chi connectivity index (χ1) is 17.2. The predicted molar refractivity (Wildman–Crippen MR) is 82.8 cm³/mol. The fraction of sp³-hybridized carbons (Fsp3) is 0.938. The van der Waals surface area contributed by atoms with Crippen molar-refractivity contribution in [3.63, 3.8) is 0 Å². The maximum absolute atomic E-state index is 14.0. The van der Waals surface area contributed by atoms with Gasteiger partial charge in [0.15, 0.2) is 5.79 Å². The van der Waals surface area contributed by atoms with Crippen LogP contribution in [0.1, 0.15) is 12.8 Å². The summed E-state index contributed by atoms with van der Waals surface area (Å²) in [5.41, 5.74) is 0. The van der Waals surface area contributed by atoms with Crippen LogP contribution in [-0.2, 0) is 9.53 Å². The van der Waals surface area contributed by atoms with Crippen LogP contribution in [0.15, 0.2) is 0 Å². The van der Waals surface area contributed by atoms with Crippen molar-refractivity contribution in [3.8, 4) is 0 Å². The molecule has 238 valence electrons. The smallest absolute Gasteiger partial charge is 0.547 e. The van der Waals surface area contributed by atoms with Gasteiger partial charge in [-0.2, -0.15) is 74.6 Å². The number of ether oxygens (including phenoxy) is 1. The molecule has 0 aromatic rings. The Morgan fingerprint density at radius 1 is 0.732 bits per heavy atom. The Hall–Kier alpha value is -0.284. The minimum absolute atomic E-state index is 0. The zero-order valence-corrected chi connectivity index (χ0v) is 22.3. The van der Waals surface area contributed by atoms with E-state index in [9.17, 15) is 105 Å². The number of alkyl halides is 17. The molecule has 0 aliphatic carbocycles. The van der Waals surface area contributed by atoms with E-state index in [2.05, 4.69) is 4.74 Å². The van der Waals surface area contributed by atoms with Gasteiger partial charge in [0.05, 0.1) is 5.97 Å². The van der Waals surface area contributed by atoms with Crippen LogP contribution >= 0.6 is 0 Å². The van der Waals surface area contributed by atoms with E-state index >= 15 is 0 Å². The van der Waals surface area contributed by atoms with Crippen molar-refractivity contribution in [2.75, 3.05) is 0 Å². The van der Waals surface area contributed by atoms with Gasteiger partial charge in [0.1, 0.15) is 24.4 Å². The number of hydrogen-bond donors (Lipinski definition) is 4. The molecule has 1 heterocycles. The van der Waals surface area contributed by atoms with Gasteiger partial charge in [-0.3, -0.25) is 0 Å². The van der Waals surface area contributed by atoms with Gasteiger partial charge in [0.25, 0.3) is 0 Å². The Bertz CT molecular complexity index is 959. The topological polar surface area (TPSA) is 130 Å². The number of carboxylic acids is 1. The van der Waals surface area contributed by atoms with E-state index in [1.54, 1.807) is 0 Å². The van der Waals surface area contributed by atoms with E-state index < -0.39 is 96.6 Å². The molecule has 41 heavy (non-hydrogen) atoms. The molecule has 0 aromatic carbocycles. The van der Waals surface area contributed by atoms with Gasteiger partial charge >= 0.3 is 99.0 Å². The Morgan fingerprint density at radius 2 is 1.07 bits per heavy atom. The molecular weight excluding hydrogens is 666 g/mol. The molecule has 25 heteroatoms. The third-order valence-electron chi connectivity index (χ3n) is 5.60. The third-order valence-corrected chi connectivity index (χ3v) is 5.60. The molecule has 5 atom stereocenters. The molecule has 7 nitrogen and oxygen atoms in total. The molecule has 1 saturated heterocycles. The van der Waals surface area contributed by atoms with E-state index in [1.165, 1.54) is 0 Å². The summed E-state index contributed by atoms with van der Waals surface area (Å²) in [6, 6.07) is 0. The molecule has 1 rings (SSSR count). The molecule has 4 N–H and O–H groups in total. The molecule has 1 aliphatic rings. The van der Waals surface area contributed by atoms with Crippen molar-refractivity contribution in [1.82, 2.24) is 0 Å². The summed E-state index contributed by atoms with van der Waals surface area (Å²) < 4.78 is 230.